The van der Waals surface area contributed by atoms with Gasteiger partial charge in [-0.3, -0.25) is 9.79 Å². The Labute approximate surface area is 222 Å². The molecule has 4 aromatic rings. The third kappa shape index (κ3) is 5.43. The van der Waals surface area contributed by atoms with Gasteiger partial charge in [0.2, 0.25) is 0 Å². The van der Waals surface area contributed by atoms with E-state index in [9.17, 15) is 4.79 Å². The Morgan fingerprint density at radius 1 is 1.05 bits per heavy atom. The highest BCUT2D eigenvalue weighted by Crippen LogP contribution is 2.33. The van der Waals surface area contributed by atoms with Crippen LogP contribution in [-0.2, 0) is 11.3 Å². The number of nitrogens with zero attached hydrogens (tertiary/aromatic N) is 2. The number of ether oxygens (including phenoxy) is 1. The van der Waals surface area contributed by atoms with E-state index >= 15 is 0 Å². The summed E-state index contributed by atoms with van der Waals surface area (Å²) in [5.74, 6) is 0.530. The van der Waals surface area contributed by atoms with E-state index in [2.05, 4.69) is 75.3 Å². The summed E-state index contributed by atoms with van der Waals surface area (Å²) in [6, 6.07) is 20.6. The van der Waals surface area contributed by atoms with Crippen LogP contribution < -0.4 is 10.2 Å². The maximum absolute atomic E-state index is 13.1. The van der Waals surface area contributed by atoms with E-state index < -0.39 is 0 Å². The van der Waals surface area contributed by atoms with E-state index in [1.54, 1.807) is 6.20 Å². The minimum absolute atomic E-state index is 0.0969. The van der Waals surface area contributed by atoms with E-state index in [1.807, 2.05) is 24.4 Å². The predicted molar refractivity (Wildman–Crippen MR) is 153 cm³/mol. The molecule has 0 atom stereocenters. The van der Waals surface area contributed by atoms with Crippen molar-refractivity contribution in [3.05, 3.63) is 78.0 Å². The number of rotatable bonds is 7. The maximum Gasteiger partial charge on any atom is 0.253 e. The fraction of sp³-hybridized carbons (Fsp3) is 0.267. The zero-order valence-electron chi connectivity index (χ0n) is 20.6. The first-order valence-corrected chi connectivity index (χ1v) is 13.3. The molecule has 1 aliphatic heterocycles. The number of benzene rings is 3. The third-order valence-electron chi connectivity index (χ3n) is 7.05. The Morgan fingerprint density at radius 2 is 1.81 bits per heavy atom. The lowest BCUT2D eigenvalue weighted by Crippen LogP contribution is -2.36. The Balaban J connectivity index is 1.15. The largest absolute Gasteiger partial charge is 0.378 e. The van der Waals surface area contributed by atoms with Gasteiger partial charge in [-0.05, 0) is 71.8 Å². The second-order valence-corrected chi connectivity index (χ2v) is 10.2. The average molecular weight is 511 g/mol. The molecule has 1 aromatic heterocycles. The molecule has 1 saturated heterocycles. The fourth-order valence-electron chi connectivity index (χ4n) is 4.65. The van der Waals surface area contributed by atoms with Gasteiger partial charge in [0.25, 0.3) is 5.91 Å². The number of morpholine rings is 1. The summed E-state index contributed by atoms with van der Waals surface area (Å²) in [5.41, 5.74) is 6.79. The van der Waals surface area contributed by atoms with Crippen molar-refractivity contribution in [1.82, 2.24) is 10.3 Å². The number of H-pyrrole nitrogens is 1. The molecule has 0 radical (unpaired) electrons. The van der Waals surface area contributed by atoms with Gasteiger partial charge in [-0.2, -0.15) is 0 Å². The first-order valence-electron chi connectivity index (χ1n) is 12.8. The maximum atomic E-state index is 13.1. The molecule has 2 heterocycles. The number of carbonyl (C=O) groups excluding carboxylic acids is 1. The lowest BCUT2D eigenvalue weighted by molar-refractivity contribution is 0.0952. The molecule has 0 bridgehead atoms. The Hall–Kier alpha value is -3.55. The van der Waals surface area contributed by atoms with Gasteiger partial charge in [-0.15, -0.1) is 12.6 Å². The first kappa shape index (κ1) is 23.8. The zero-order chi connectivity index (χ0) is 25.2. The number of aliphatic imine (C=N–C) groups is 1. The van der Waals surface area contributed by atoms with Gasteiger partial charge in [0, 0.05) is 53.5 Å². The minimum atomic E-state index is -0.0969. The van der Waals surface area contributed by atoms with Crippen LogP contribution in [0.2, 0.25) is 0 Å². The van der Waals surface area contributed by atoms with E-state index in [0.717, 1.165) is 64.5 Å². The van der Waals surface area contributed by atoms with Crippen molar-refractivity contribution in [2.24, 2.45) is 10.9 Å². The van der Waals surface area contributed by atoms with Gasteiger partial charge in [0.15, 0.2) is 0 Å². The molecule has 1 amide bonds. The number of anilines is 1. The molecule has 2 fully saturated rings. The van der Waals surface area contributed by atoms with Crippen molar-refractivity contribution >= 4 is 47.0 Å². The van der Waals surface area contributed by atoms with Crippen LogP contribution in [0.4, 0.5) is 11.4 Å². The summed E-state index contributed by atoms with van der Waals surface area (Å²) in [6.07, 6.45) is 6.28. The molecule has 0 spiro atoms. The van der Waals surface area contributed by atoms with E-state index in [-0.39, 0.29) is 5.91 Å². The average Bonchev–Trinajstić information content (AvgIpc) is 3.68. The Morgan fingerprint density at radius 3 is 2.57 bits per heavy atom. The summed E-state index contributed by atoms with van der Waals surface area (Å²) >= 11 is 4.66. The van der Waals surface area contributed by atoms with Crippen LogP contribution in [0.5, 0.6) is 0 Å². The quantitative estimate of drug-likeness (QED) is 0.211. The van der Waals surface area contributed by atoms with Crippen LogP contribution in [0.15, 0.2) is 76.7 Å². The molecule has 2 aliphatic rings. The molecule has 1 saturated carbocycles. The van der Waals surface area contributed by atoms with Crippen LogP contribution in [-0.4, -0.2) is 43.4 Å². The number of fused-ring (bicyclic) bond motifs is 1. The molecule has 37 heavy (non-hydrogen) atoms. The summed E-state index contributed by atoms with van der Waals surface area (Å²) in [7, 11) is 0. The first-order chi connectivity index (χ1) is 18.1. The SMILES string of the molecule is O=C(NCc1ccc(N2CCOCC2)cc1)c1c[nH]c2ccc(-c3ccc(N=CC4CC4)c(S)c3)cc12. The molecule has 2 N–H and O–H groups in total. The van der Waals surface area contributed by atoms with Crippen molar-refractivity contribution in [3.8, 4) is 11.1 Å². The number of carbonyl (C=O) groups is 1. The monoisotopic (exact) mass is 510 g/mol. The lowest BCUT2D eigenvalue weighted by Gasteiger charge is -2.28. The van der Waals surface area contributed by atoms with Crippen molar-refractivity contribution in [2.45, 2.75) is 24.3 Å². The molecule has 6 nitrogen and oxygen atoms in total. The number of thiol groups is 1. The Kier molecular flexibility index (Phi) is 6.72. The summed E-state index contributed by atoms with van der Waals surface area (Å²) < 4.78 is 5.44. The number of amides is 1. The summed E-state index contributed by atoms with van der Waals surface area (Å²) in [4.78, 5) is 24.1. The van der Waals surface area contributed by atoms with Gasteiger partial charge in [-0.1, -0.05) is 24.3 Å². The number of nitrogens with one attached hydrogen (secondary N) is 2. The van der Waals surface area contributed by atoms with Gasteiger partial charge in [-0.25, -0.2) is 0 Å². The van der Waals surface area contributed by atoms with Crippen molar-refractivity contribution in [2.75, 3.05) is 31.2 Å². The van der Waals surface area contributed by atoms with Crippen LogP contribution in [0.1, 0.15) is 28.8 Å². The van der Waals surface area contributed by atoms with Gasteiger partial charge >= 0.3 is 0 Å². The third-order valence-corrected chi connectivity index (χ3v) is 7.41. The van der Waals surface area contributed by atoms with Crippen LogP contribution in [0.3, 0.4) is 0 Å². The minimum Gasteiger partial charge on any atom is -0.378 e. The van der Waals surface area contributed by atoms with Crippen molar-refractivity contribution < 1.29 is 9.53 Å². The number of hydrogen-bond donors (Lipinski definition) is 3. The molecular formula is C30H30N4O2S. The number of hydrogen-bond acceptors (Lipinski definition) is 5. The molecule has 188 valence electrons. The highest BCUT2D eigenvalue weighted by atomic mass is 32.1. The highest BCUT2D eigenvalue weighted by Gasteiger charge is 2.18. The van der Waals surface area contributed by atoms with Crippen LogP contribution in [0, 0.1) is 5.92 Å². The molecule has 1 aliphatic carbocycles. The zero-order valence-corrected chi connectivity index (χ0v) is 21.5. The van der Waals surface area contributed by atoms with Gasteiger partial charge in [0.05, 0.1) is 24.5 Å². The molecule has 7 heteroatoms. The predicted octanol–water partition coefficient (Wildman–Crippen LogP) is 6.00. The topological polar surface area (TPSA) is 69.7 Å². The van der Waals surface area contributed by atoms with Crippen LogP contribution >= 0.6 is 12.6 Å². The Bertz CT molecular complexity index is 1450. The second kappa shape index (κ2) is 10.4. The smallest absolute Gasteiger partial charge is 0.253 e. The lowest BCUT2D eigenvalue weighted by atomic mass is 10.0. The standard InChI is InChI=1S/C30H30N4O2S/c35-30(33-18-21-3-7-24(8-4-21)34-11-13-36-14-12-34)26-19-32-27-9-5-22(15-25(26)27)23-6-10-28(29(37)16-23)31-17-20-1-2-20/h3-10,15-17,19-20,32,37H,1-2,11-14,18H2,(H,33,35). The molecule has 3 aromatic carbocycles. The second-order valence-electron chi connectivity index (χ2n) is 9.73. The van der Waals surface area contributed by atoms with E-state index in [0.29, 0.717) is 18.0 Å². The number of aromatic nitrogens is 1. The molecular weight excluding hydrogens is 480 g/mol. The summed E-state index contributed by atoms with van der Waals surface area (Å²) in [5, 5.41) is 3.97. The van der Waals surface area contributed by atoms with Crippen molar-refractivity contribution in [1.29, 1.82) is 0 Å². The van der Waals surface area contributed by atoms with Crippen LogP contribution in [0.25, 0.3) is 22.0 Å². The number of aromatic amines is 1. The molecule has 0 unspecified atom stereocenters. The fourth-order valence-corrected chi connectivity index (χ4v) is 4.93. The van der Waals surface area contributed by atoms with Gasteiger partial charge < -0.3 is 19.9 Å². The van der Waals surface area contributed by atoms with E-state index in [4.69, 9.17) is 4.74 Å². The molecule has 6 rings (SSSR count). The highest BCUT2D eigenvalue weighted by molar-refractivity contribution is 7.80. The normalized spacial score (nSPS) is 16.0. The summed E-state index contributed by atoms with van der Waals surface area (Å²) in [6.45, 7) is 3.82. The van der Waals surface area contributed by atoms with Gasteiger partial charge in [0.1, 0.15) is 0 Å². The van der Waals surface area contributed by atoms with E-state index in [1.165, 1.54) is 18.5 Å². The van der Waals surface area contributed by atoms with Crippen molar-refractivity contribution in [3.63, 3.8) is 0 Å².